The van der Waals surface area contributed by atoms with Crippen LogP contribution in [0.25, 0.3) is 0 Å². The Morgan fingerprint density at radius 2 is 2.00 bits per heavy atom. The van der Waals surface area contributed by atoms with Crippen LogP contribution < -0.4 is 0 Å². The Hall–Kier alpha value is -1.37. The molecule has 1 heteroatoms. The van der Waals surface area contributed by atoms with Gasteiger partial charge in [0.15, 0.2) is 5.78 Å². The zero-order valence-corrected chi connectivity index (χ0v) is 8.62. The molecule has 1 aromatic carbocycles. The second-order valence-corrected chi connectivity index (χ2v) is 3.30. The van der Waals surface area contributed by atoms with Crippen LogP contribution >= 0.6 is 0 Å². The number of allylic oxidation sites excluding steroid dienone is 1. The summed E-state index contributed by atoms with van der Waals surface area (Å²) >= 11 is 0. The fourth-order valence-electron chi connectivity index (χ4n) is 1.30. The van der Waals surface area contributed by atoms with Gasteiger partial charge in [0, 0.05) is 12.0 Å². The standard InChI is InChI=1S/C13H16O/c1-3-5-6-13(14)12-9-7-11(4-2)8-10-12/h3,7-10H,1,4-6H2,2H3. The Kier molecular flexibility index (Phi) is 4.11. The predicted molar refractivity (Wildman–Crippen MR) is 59.6 cm³/mol. The fourth-order valence-corrected chi connectivity index (χ4v) is 1.30. The number of hydrogen-bond acceptors (Lipinski definition) is 1. The van der Waals surface area contributed by atoms with Crippen molar-refractivity contribution in [2.45, 2.75) is 26.2 Å². The van der Waals surface area contributed by atoms with Gasteiger partial charge in [0.2, 0.25) is 0 Å². The summed E-state index contributed by atoms with van der Waals surface area (Å²) in [6, 6.07) is 7.84. The van der Waals surface area contributed by atoms with Crippen molar-refractivity contribution in [3.05, 3.63) is 48.0 Å². The van der Waals surface area contributed by atoms with Crippen LogP contribution in [0, 0.1) is 0 Å². The van der Waals surface area contributed by atoms with Crippen molar-refractivity contribution in [1.29, 1.82) is 0 Å². The van der Waals surface area contributed by atoms with E-state index in [1.54, 1.807) is 6.08 Å². The topological polar surface area (TPSA) is 17.1 Å². The van der Waals surface area contributed by atoms with Crippen molar-refractivity contribution in [2.24, 2.45) is 0 Å². The molecule has 0 bridgehead atoms. The van der Waals surface area contributed by atoms with Crippen LogP contribution in [0.15, 0.2) is 36.9 Å². The minimum absolute atomic E-state index is 0.201. The average Bonchev–Trinajstić information content (AvgIpc) is 2.26. The molecule has 0 aliphatic rings. The van der Waals surface area contributed by atoms with Crippen molar-refractivity contribution >= 4 is 5.78 Å². The highest BCUT2D eigenvalue weighted by atomic mass is 16.1. The van der Waals surface area contributed by atoms with Crippen molar-refractivity contribution < 1.29 is 4.79 Å². The zero-order valence-electron chi connectivity index (χ0n) is 8.62. The lowest BCUT2D eigenvalue weighted by Gasteiger charge is -2.00. The average molecular weight is 188 g/mol. The van der Waals surface area contributed by atoms with E-state index in [0.717, 1.165) is 18.4 Å². The number of Topliss-reactive ketones (excluding diaryl/α,β-unsaturated/α-hetero) is 1. The second kappa shape index (κ2) is 5.38. The van der Waals surface area contributed by atoms with Gasteiger partial charge < -0.3 is 0 Å². The molecule has 0 amide bonds. The smallest absolute Gasteiger partial charge is 0.163 e. The van der Waals surface area contributed by atoms with Gasteiger partial charge in [0.05, 0.1) is 0 Å². The molecule has 1 nitrogen and oxygen atoms in total. The van der Waals surface area contributed by atoms with Crippen molar-refractivity contribution in [3.63, 3.8) is 0 Å². The van der Waals surface area contributed by atoms with E-state index in [4.69, 9.17) is 0 Å². The normalized spacial score (nSPS) is 9.79. The van der Waals surface area contributed by atoms with Crippen molar-refractivity contribution in [1.82, 2.24) is 0 Å². The minimum atomic E-state index is 0.201. The number of rotatable bonds is 5. The minimum Gasteiger partial charge on any atom is -0.294 e. The first-order valence-electron chi connectivity index (χ1n) is 5.01. The SMILES string of the molecule is C=CCCC(=O)c1ccc(CC)cc1. The summed E-state index contributed by atoms with van der Waals surface area (Å²) in [4.78, 5) is 11.6. The van der Waals surface area contributed by atoms with E-state index in [1.807, 2.05) is 24.3 Å². The molecule has 0 unspecified atom stereocenters. The molecule has 0 radical (unpaired) electrons. The third-order valence-corrected chi connectivity index (χ3v) is 2.26. The highest BCUT2D eigenvalue weighted by molar-refractivity contribution is 5.96. The summed E-state index contributed by atoms with van der Waals surface area (Å²) in [5.74, 6) is 0.201. The molecule has 0 N–H and O–H groups in total. The molecule has 0 atom stereocenters. The molecule has 74 valence electrons. The number of hydrogen-bond donors (Lipinski definition) is 0. The summed E-state index contributed by atoms with van der Waals surface area (Å²) in [6.07, 6.45) is 4.11. The van der Waals surface area contributed by atoms with Gasteiger partial charge in [-0.1, -0.05) is 37.3 Å². The van der Waals surface area contributed by atoms with Gasteiger partial charge in [-0.2, -0.15) is 0 Å². The van der Waals surface area contributed by atoms with E-state index in [1.165, 1.54) is 5.56 Å². The number of ketones is 1. The van der Waals surface area contributed by atoms with E-state index in [9.17, 15) is 4.79 Å². The maximum atomic E-state index is 11.6. The molecule has 0 spiro atoms. The molecule has 1 aromatic rings. The maximum Gasteiger partial charge on any atom is 0.163 e. The maximum absolute atomic E-state index is 11.6. The first-order valence-corrected chi connectivity index (χ1v) is 5.01. The molecule has 0 aromatic heterocycles. The van der Waals surface area contributed by atoms with Crippen LogP contribution in [0.2, 0.25) is 0 Å². The van der Waals surface area contributed by atoms with Crippen molar-refractivity contribution in [2.75, 3.05) is 0 Å². The van der Waals surface area contributed by atoms with Crippen LogP contribution in [-0.4, -0.2) is 5.78 Å². The van der Waals surface area contributed by atoms with Gasteiger partial charge in [-0.05, 0) is 18.4 Å². The largest absolute Gasteiger partial charge is 0.294 e. The Morgan fingerprint density at radius 1 is 1.36 bits per heavy atom. The van der Waals surface area contributed by atoms with E-state index < -0.39 is 0 Å². The molecular formula is C13H16O. The van der Waals surface area contributed by atoms with E-state index >= 15 is 0 Å². The molecule has 14 heavy (non-hydrogen) atoms. The number of carbonyl (C=O) groups excluding carboxylic acids is 1. The van der Waals surface area contributed by atoms with Gasteiger partial charge >= 0.3 is 0 Å². The summed E-state index contributed by atoms with van der Waals surface area (Å²) in [6.45, 7) is 5.71. The van der Waals surface area contributed by atoms with Gasteiger partial charge in [-0.3, -0.25) is 4.79 Å². The van der Waals surface area contributed by atoms with Gasteiger partial charge in [-0.15, -0.1) is 6.58 Å². The Morgan fingerprint density at radius 3 is 2.50 bits per heavy atom. The predicted octanol–water partition coefficient (Wildman–Crippen LogP) is 3.40. The number of benzene rings is 1. The molecule has 0 aliphatic heterocycles. The number of carbonyl (C=O) groups is 1. The van der Waals surface area contributed by atoms with Crippen LogP contribution in [0.1, 0.15) is 35.7 Å². The third kappa shape index (κ3) is 2.84. The molecule has 0 heterocycles. The first kappa shape index (κ1) is 10.7. The second-order valence-electron chi connectivity index (χ2n) is 3.30. The Bertz CT molecular complexity index is 309. The molecule has 0 aliphatic carbocycles. The lowest BCUT2D eigenvalue weighted by Crippen LogP contribution is -1.98. The van der Waals surface area contributed by atoms with Crippen LogP contribution in [0.4, 0.5) is 0 Å². The van der Waals surface area contributed by atoms with Gasteiger partial charge in [-0.25, -0.2) is 0 Å². The quantitative estimate of drug-likeness (QED) is 0.511. The molecule has 1 rings (SSSR count). The van der Waals surface area contributed by atoms with Crippen LogP contribution in [0.5, 0.6) is 0 Å². The lowest BCUT2D eigenvalue weighted by molar-refractivity contribution is 0.0983. The van der Waals surface area contributed by atoms with E-state index in [0.29, 0.717) is 6.42 Å². The molecule has 0 fully saturated rings. The Balaban J connectivity index is 2.66. The lowest BCUT2D eigenvalue weighted by atomic mass is 10.0. The summed E-state index contributed by atoms with van der Waals surface area (Å²) < 4.78 is 0. The molecular weight excluding hydrogens is 172 g/mol. The summed E-state index contributed by atoms with van der Waals surface area (Å²) in [5, 5.41) is 0. The van der Waals surface area contributed by atoms with E-state index in [-0.39, 0.29) is 5.78 Å². The summed E-state index contributed by atoms with van der Waals surface area (Å²) in [7, 11) is 0. The monoisotopic (exact) mass is 188 g/mol. The van der Waals surface area contributed by atoms with E-state index in [2.05, 4.69) is 13.5 Å². The highest BCUT2D eigenvalue weighted by Crippen LogP contribution is 2.08. The first-order chi connectivity index (χ1) is 6.77. The molecule has 0 saturated heterocycles. The number of aryl methyl sites for hydroxylation is 1. The fraction of sp³-hybridized carbons (Fsp3) is 0.308. The van der Waals surface area contributed by atoms with Crippen LogP contribution in [0.3, 0.4) is 0 Å². The highest BCUT2D eigenvalue weighted by Gasteiger charge is 2.03. The molecule has 0 saturated carbocycles. The Labute approximate surface area is 85.5 Å². The van der Waals surface area contributed by atoms with Crippen molar-refractivity contribution in [3.8, 4) is 0 Å². The zero-order chi connectivity index (χ0) is 10.4. The van der Waals surface area contributed by atoms with Crippen LogP contribution in [-0.2, 0) is 6.42 Å². The third-order valence-electron chi connectivity index (χ3n) is 2.26. The van der Waals surface area contributed by atoms with Gasteiger partial charge in [0.25, 0.3) is 0 Å². The summed E-state index contributed by atoms with van der Waals surface area (Å²) in [5.41, 5.74) is 2.08. The van der Waals surface area contributed by atoms with Gasteiger partial charge in [0.1, 0.15) is 0 Å².